The Kier molecular flexibility index (Phi) is 14.9. The molecule has 0 aliphatic heterocycles. The summed E-state index contributed by atoms with van der Waals surface area (Å²) < 4.78 is 0. The lowest BCUT2D eigenvalue weighted by Gasteiger charge is -2.35. The number of rotatable bonds is 10. The van der Waals surface area contributed by atoms with Gasteiger partial charge in [-0.25, -0.2) is 0 Å². The zero-order valence-corrected chi connectivity index (χ0v) is 64.7. The summed E-state index contributed by atoms with van der Waals surface area (Å²) in [6.07, 6.45) is 0. The van der Waals surface area contributed by atoms with E-state index >= 15 is 0 Å². The van der Waals surface area contributed by atoms with Crippen LogP contribution in [0.2, 0.25) is 0 Å². The third kappa shape index (κ3) is 9.45. The first-order valence-electron chi connectivity index (χ1n) is 39.9. The fourth-order valence-electron chi connectivity index (χ4n) is 21.5. The quantitative estimate of drug-likeness (QED) is 0.135. The number of nitrogens with zero attached hydrogens (tertiary/aromatic N) is 2. The summed E-state index contributed by atoms with van der Waals surface area (Å²) >= 11 is 0. The van der Waals surface area contributed by atoms with E-state index < -0.39 is 10.8 Å². The van der Waals surface area contributed by atoms with Crippen molar-refractivity contribution in [2.24, 2.45) is 0 Å². The highest BCUT2D eigenvalue weighted by molar-refractivity contribution is 5.98. The normalized spacial score (nSPS) is 15.6. The summed E-state index contributed by atoms with van der Waals surface area (Å²) in [7, 11) is 0. The number of fused-ring (bicyclic) bond motifs is 18. The zero-order valence-electron chi connectivity index (χ0n) is 64.7. The minimum atomic E-state index is -0.495. The number of hydrogen-bond acceptors (Lipinski definition) is 2. The molecule has 22 rings (SSSR count). The van der Waals surface area contributed by atoms with Crippen molar-refractivity contribution in [1.29, 1.82) is 0 Å². The molecular formula is C110H86N2. The van der Waals surface area contributed by atoms with Gasteiger partial charge in [-0.1, -0.05) is 365 Å². The molecule has 0 unspecified atom stereocenters. The van der Waals surface area contributed by atoms with E-state index in [1.165, 1.54) is 167 Å². The lowest BCUT2D eigenvalue weighted by Crippen LogP contribution is -2.28. The first-order chi connectivity index (χ1) is 54.6. The van der Waals surface area contributed by atoms with Gasteiger partial charge in [0.2, 0.25) is 0 Å². The minimum absolute atomic E-state index is 0.0656. The first-order valence-corrected chi connectivity index (χ1v) is 39.9. The van der Waals surface area contributed by atoms with E-state index in [0.29, 0.717) is 0 Å². The molecule has 6 aliphatic carbocycles. The maximum atomic E-state index is 2.55. The van der Waals surface area contributed by atoms with Crippen LogP contribution in [0, 0.1) is 0 Å². The smallest absolute Gasteiger partial charge is 0.0714 e. The predicted octanol–water partition coefficient (Wildman–Crippen LogP) is 28.3. The summed E-state index contributed by atoms with van der Waals surface area (Å²) in [5.74, 6) is 0. The Morgan fingerprint density at radius 3 is 0.866 bits per heavy atom. The fourth-order valence-corrected chi connectivity index (χ4v) is 21.5. The lowest BCUT2D eigenvalue weighted by atomic mass is 9.67. The average Bonchev–Trinajstić information content (AvgIpc) is 1.53. The second-order valence-electron chi connectivity index (χ2n) is 33.8. The van der Waals surface area contributed by atoms with Crippen LogP contribution in [0.25, 0.3) is 66.8 Å². The van der Waals surface area contributed by atoms with Crippen LogP contribution in [0.4, 0.5) is 34.1 Å². The third-order valence-electron chi connectivity index (χ3n) is 26.7. The second kappa shape index (κ2) is 24.8. The van der Waals surface area contributed by atoms with Gasteiger partial charge in [0, 0.05) is 55.7 Å². The molecule has 536 valence electrons. The summed E-state index contributed by atoms with van der Waals surface area (Å²) in [6, 6.07) is 141. The maximum absolute atomic E-state index is 2.55. The Labute approximate surface area is 659 Å². The van der Waals surface area contributed by atoms with Crippen LogP contribution in [-0.4, -0.2) is 0 Å². The van der Waals surface area contributed by atoms with Crippen LogP contribution in [0.15, 0.2) is 376 Å². The van der Waals surface area contributed by atoms with Crippen molar-refractivity contribution in [2.45, 2.75) is 87.9 Å². The third-order valence-corrected chi connectivity index (χ3v) is 26.7. The van der Waals surface area contributed by atoms with Crippen LogP contribution >= 0.6 is 0 Å². The molecule has 0 bridgehead atoms. The van der Waals surface area contributed by atoms with Crippen LogP contribution in [0.3, 0.4) is 0 Å². The fraction of sp³-hybridized carbons (Fsp3) is 0.127. The van der Waals surface area contributed by atoms with E-state index in [0.717, 1.165) is 22.7 Å². The highest BCUT2D eigenvalue weighted by Crippen LogP contribution is 2.62. The molecule has 0 N–H and O–H groups in total. The van der Waals surface area contributed by atoms with Gasteiger partial charge in [-0.3, -0.25) is 0 Å². The van der Waals surface area contributed by atoms with Gasteiger partial charge in [0.05, 0.1) is 16.5 Å². The SMILES string of the molecule is CC1(C)c2ccccc2-c2cc(N(c3cccc(C4(c5ccccc5)c5ccccc5-c5ccccc54)c3)c3ccc4c(c3)C(C)(C)c3ccccc3-4)ccc21.CC1(C)c2ccccc2-c2ccc(N(c3cccc(C4(c5ccccc5)c5ccccc5-c5ccccc54)c3)c3cccc4c3-c3ccccc3C4(C)C)cc21. The van der Waals surface area contributed by atoms with Crippen LogP contribution in [0.5, 0.6) is 0 Å². The summed E-state index contributed by atoms with van der Waals surface area (Å²) in [5, 5.41) is 0. The van der Waals surface area contributed by atoms with Crippen molar-refractivity contribution in [3.63, 3.8) is 0 Å². The average molecular weight is 1440 g/mol. The topological polar surface area (TPSA) is 6.48 Å². The van der Waals surface area contributed by atoms with Crippen molar-refractivity contribution < 1.29 is 0 Å². The molecule has 2 heteroatoms. The standard InChI is InChI=1S/2C55H43N/c1-53(2)46-27-13-11-25-44(46)52-49(53)30-17-31-51(52)56(39-32-33-43-40-22-8-12-26-45(40)54(3,4)50(43)35-39)38-21-16-20-37(34-38)55(36-18-6-5-7-19-36)47-28-14-9-23-41(47)42-24-10-15-29-48(42)55;1-53(2)48-26-13-9-24-44(48)46-34-39(30-32-49(46)53)56(40-29-31-45-41-21-8-12-25-47(41)54(3,4)52(45)35-40)38-20-16-19-37(33-38)55(36-17-6-5-7-18-36)50-27-14-10-22-42(50)43-23-11-15-28-51(43)55/h2*5-35H,1-4H3. The predicted molar refractivity (Wildman–Crippen MR) is 467 cm³/mol. The molecule has 0 amide bonds. The number of benzene rings is 16. The molecule has 6 aliphatic rings. The molecule has 0 fully saturated rings. The van der Waals surface area contributed by atoms with Gasteiger partial charge >= 0.3 is 0 Å². The van der Waals surface area contributed by atoms with Crippen LogP contribution < -0.4 is 9.80 Å². The Balaban J connectivity index is 0.000000141. The van der Waals surface area contributed by atoms with Gasteiger partial charge < -0.3 is 9.80 Å². The van der Waals surface area contributed by atoms with Crippen molar-refractivity contribution in [3.05, 3.63) is 465 Å². The molecule has 0 radical (unpaired) electrons. The molecular weight excluding hydrogens is 1350 g/mol. The van der Waals surface area contributed by atoms with Crippen molar-refractivity contribution >= 4 is 34.1 Å². The van der Waals surface area contributed by atoms with Gasteiger partial charge in [0.1, 0.15) is 0 Å². The summed E-state index contributed by atoms with van der Waals surface area (Å²) in [4.78, 5) is 5.05. The van der Waals surface area contributed by atoms with Crippen molar-refractivity contribution in [2.75, 3.05) is 9.80 Å². The Bertz CT molecular complexity index is 6450. The van der Waals surface area contributed by atoms with Gasteiger partial charge in [-0.05, 0) is 217 Å². The molecule has 0 aromatic heterocycles. The zero-order chi connectivity index (χ0) is 75.6. The summed E-state index contributed by atoms with van der Waals surface area (Å²) in [6.45, 7) is 19.0. The highest BCUT2D eigenvalue weighted by atomic mass is 15.2. The van der Waals surface area contributed by atoms with E-state index in [4.69, 9.17) is 0 Å². The Morgan fingerprint density at radius 1 is 0.161 bits per heavy atom. The number of anilines is 6. The minimum Gasteiger partial charge on any atom is -0.310 e. The van der Waals surface area contributed by atoms with Crippen LogP contribution in [-0.2, 0) is 32.5 Å². The monoisotopic (exact) mass is 1430 g/mol. The molecule has 2 nitrogen and oxygen atoms in total. The molecule has 0 heterocycles. The summed E-state index contributed by atoms with van der Waals surface area (Å²) in [5.41, 5.74) is 42.7. The number of hydrogen-bond donors (Lipinski definition) is 0. The van der Waals surface area contributed by atoms with Crippen molar-refractivity contribution in [3.8, 4) is 66.8 Å². The van der Waals surface area contributed by atoms with Gasteiger partial charge in [-0.2, -0.15) is 0 Å². The molecule has 0 saturated heterocycles. The largest absolute Gasteiger partial charge is 0.310 e. The van der Waals surface area contributed by atoms with E-state index in [1.807, 2.05) is 0 Å². The first kappa shape index (κ1) is 67.3. The van der Waals surface area contributed by atoms with E-state index in [1.54, 1.807) is 0 Å². The molecule has 0 atom stereocenters. The molecule has 16 aromatic rings. The lowest BCUT2D eigenvalue weighted by molar-refractivity contribution is 0.660. The van der Waals surface area contributed by atoms with E-state index in [-0.39, 0.29) is 21.7 Å². The van der Waals surface area contributed by atoms with E-state index in [2.05, 4.69) is 441 Å². The maximum Gasteiger partial charge on any atom is 0.0714 e. The van der Waals surface area contributed by atoms with Gasteiger partial charge in [-0.15, -0.1) is 0 Å². The molecule has 0 saturated carbocycles. The Morgan fingerprint density at radius 2 is 0.429 bits per heavy atom. The molecule has 16 aromatic carbocycles. The highest BCUT2D eigenvalue weighted by Gasteiger charge is 2.49. The van der Waals surface area contributed by atoms with Crippen molar-refractivity contribution in [1.82, 2.24) is 0 Å². The molecule has 112 heavy (non-hydrogen) atoms. The van der Waals surface area contributed by atoms with Gasteiger partial charge in [0.25, 0.3) is 0 Å². The Hall–Kier alpha value is -12.9. The second-order valence-corrected chi connectivity index (χ2v) is 33.8. The van der Waals surface area contributed by atoms with Gasteiger partial charge in [0.15, 0.2) is 0 Å². The van der Waals surface area contributed by atoms with Crippen LogP contribution in [0.1, 0.15) is 144 Å². The molecule has 0 spiro atoms. The van der Waals surface area contributed by atoms with E-state index in [9.17, 15) is 0 Å².